The Morgan fingerprint density at radius 2 is 2.05 bits per heavy atom. The maximum atomic E-state index is 12.0. The fourth-order valence-corrected chi connectivity index (χ4v) is 3.04. The zero-order valence-corrected chi connectivity index (χ0v) is 13.7. The van der Waals surface area contributed by atoms with E-state index in [1.54, 1.807) is 0 Å². The molecule has 8 heteroatoms. The highest BCUT2D eigenvalue weighted by molar-refractivity contribution is 9.10. The lowest BCUT2D eigenvalue weighted by molar-refractivity contribution is 0.0695. The minimum absolute atomic E-state index is 0.0528. The van der Waals surface area contributed by atoms with Crippen LogP contribution in [0.2, 0.25) is 0 Å². The molecule has 0 aliphatic carbocycles. The molecule has 1 aromatic carbocycles. The summed E-state index contributed by atoms with van der Waals surface area (Å²) in [4.78, 5) is 12.9. The molecule has 0 aliphatic rings. The van der Waals surface area contributed by atoms with Gasteiger partial charge in [-0.05, 0) is 61.2 Å². The number of rotatable bonds is 7. The van der Waals surface area contributed by atoms with Crippen LogP contribution in [0.15, 0.2) is 27.6 Å². The molecule has 0 atom stereocenters. The van der Waals surface area contributed by atoms with E-state index in [4.69, 9.17) is 5.11 Å². The zero-order valence-electron chi connectivity index (χ0n) is 11.3. The molecule has 0 amide bonds. The molecule has 0 saturated carbocycles. The van der Waals surface area contributed by atoms with Crippen molar-refractivity contribution in [2.24, 2.45) is 0 Å². The molecule has 0 aliphatic heterocycles. The Morgan fingerprint density at radius 1 is 1.40 bits per heavy atom. The number of halogens is 1. The topological polar surface area (TPSA) is 86.7 Å². The molecule has 0 heterocycles. The van der Waals surface area contributed by atoms with Gasteiger partial charge in [-0.15, -0.1) is 0 Å². The van der Waals surface area contributed by atoms with Crippen LogP contribution in [-0.4, -0.2) is 51.6 Å². The third-order valence-electron chi connectivity index (χ3n) is 2.55. The molecule has 2 N–H and O–H groups in total. The summed E-state index contributed by atoms with van der Waals surface area (Å²) < 4.78 is 26.9. The molecule has 0 unspecified atom stereocenters. The number of benzene rings is 1. The number of aromatic carboxylic acids is 1. The van der Waals surface area contributed by atoms with E-state index in [1.165, 1.54) is 12.1 Å². The predicted molar refractivity (Wildman–Crippen MR) is 79.5 cm³/mol. The van der Waals surface area contributed by atoms with Gasteiger partial charge < -0.3 is 10.0 Å². The van der Waals surface area contributed by atoms with Gasteiger partial charge >= 0.3 is 5.97 Å². The number of carboxylic acids is 1. The van der Waals surface area contributed by atoms with Crippen LogP contribution < -0.4 is 4.72 Å². The summed E-state index contributed by atoms with van der Waals surface area (Å²) in [7, 11) is 0.127. The van der Waals surface area contributed by atoms with Crippen LogP contribution in [0.4, 0.5) is 0 Å². The predicted octanol–water partition coefficient (Wildman–Crippen LogP) is 1.38. The fraction of sp³-hybridized carbons (Fsp3) is 0.417. The average molecular weight is 365 g/mol. The Labute approximate surface area is 127 Å². The number of hydrogen-bond donors (Lipinski definition) is 2. The van der Waals surface area contributed by atoms with Crippen LogP contribution in [-0.2, 0) is 10.0 Å². The van der Waals surface area contributed by atoms with E-state index in [2.05, 4.69) is 20.7 Å². The van der Waals surface area contributed by atoms with Gasteiger partial charge in [0.05, 0.1) is 10.5 Å². The second kappa shape index (κ2) is 7.16. The van der Waals surface area contributed by atoms with Crippen molar-refractivity contribution in [3.63, 3.8) is 0 Å². The summed E-state index contributed by atoms with van der Waals surface area (Å²) in [6, 6.07) is 3.92. The molecule has 0 bridgehead atoms. The summed E-state index contributed by atoms with van der Waals surface area (Å²) in [5.74, 6) is -1.18. The van der Waals surface area contributed by atoms with Gasteiger partial charge in [-0.2, -0.15) is 0 Å². The molecule has 6 nitrogen and oxygen atoms in total. The second-order valence-electron chi connectivity index (χ2n) is 4.50. The van der Waals surface area contributed by atoms with Crippen LogP contribution >= 0.6 is 15.9 Å². The Hall–Kier alpha value is -0.960. The smallest absolute Gasteiger partial charge is 0.336 e. The molecule has 0 saturated heterocycles. The van der Waals surface area contributed by atoms with E-state index in [-0.39, 0.29) is 10.5 Å². The summed E-state index contributed by atoms with van der Waals surface area (Å²) in [6.07, 6.45) is 0.675. The maximum absolute atomic E-state index is 12.0. The number of carbonyl (C=O) groups is 1. The summed E-state index contributed by atoms with van der Waals surface area (Å²) in [5, 5.41) is 8.98. The Balaban J connectivity index is 2.82. The van der Waals surface area contributed by atoms with E-state index in [0.29, 0.717) is 17.4 Å². The van der Waals surface area contributed by atoms with Gasteiger partial charge in [0.25, 0.3) is 0 Å². The summed E-state index contributed by atoms with van der Waals surface area (Å²) in [6.45, 7) is 1.07. The molecule has 112 valence electrons. The fourth-order valence-electron chi connectivity index (χ4n) is 1.52. The van der Waals surface area contributed by atoms with Crippen LogP contribution in [0.25, 0.3) is 0 Å². The van der Waals surface area contributed by atoms with Crippen molar-refractivity contribution in [2.45, 2.75) is 11.3 Å². The van der Waals surface area contributed by atoms with Gasteiger partial charge in [0.2, 0.25) is 10.0 Å². The molecular formula is C12H17BrN2O4S. The van der Waals surface area contributed by atoms with E-state index < -0.39 is 16.0 Å². The van der Waals surface area contributed by atoms with Gasteiger partial charge in [0.15, 0.2) is 0 Å². The van der Waals surface area contributed by atoms with Gasteiger partial charge in [0, 0.05) is 11.0 Å². The molecule has 0 aromatic heterocycles. The monoisotopic (exact) mass is 364 g/mol. The van der Waals surface area contributed by atoms with E-state index >= 15 is 0 Å². The first-order valence-corrected chi connectivity index (χ1v) is 8.19. The lowest BCUT2D eigenvalue weighted by Crippen LogP contribution is -2.27. The number of nitrogens with one attached hydrogen (secondary N) is 1. The lowest BCUT2D eigenvalue weighted by atomic mass is 10.2. The van der Waals surface area contributed by atoms with Crippen molar-refractivity contribution in [1.82, 2.24) is 9.62 Å². The third kappa shape index (κ3) is 4.86. The zero-order chi connectivity index (χ0) is 15.3. The molecule has 0 fully saturated rings. The quantitative estimate of drug-likeness (QED) is 0.713. The van der Waals surface area contributed by atoms with Crippen molar-refractivity contribution in [3.8, 4) is 0 Å². The SMILES string of the molecule is CN(C)CCCNS(=O)(=O)c1ccc(Br)c(C(=O)O)c1. The minimum Gasteiger partial charge on any atom is -0.478 e. The van der Waals surface area contributed by atoms with Crippen LogP contribution in [0, 0.1) is 0 Å². The van der Waals surface area contributed by atoms with Crippen LogP contribution in [0.3, 0.4) is 0 Å². The number of hydrogen-bond acceptors (Lipinski definition) is 4. The second-order valence-corrected chi connectivity index (χ2v) is 7.12. The highest BCUT2D eigenvalue weighted by Crippen LogP contribution is 2.21. The third-order valence-corrected chi connectivity index (χ3v) is 4.70. The van der Waals surface area contributed by atoms with Crippen molar-refractivity contribution in [2.75, 3.05) is 27.2 Å². The Morgan fingerprint density at radius 3 is 2.60 bits per heavy atom. The normalized spacial score (nSPS) is 11.8. The molecule has 20 heavy (non-hydrogen) atoms. The largest absolute Gasteiger partial charge is 0.478 e. The van der Waals surface area contributed by atoms with E-state index in [1.807, 2.05) is 19.0 Å². The molecule has 0 radical (unpaired) electrons. The Bertz CT molecular complexity index is 587. The lowest BCUT2D eigenvalue weighted by Gasteiger charge is -2.11. The van der Waals surface area contributed by atoms with E-state index in [0.717, 1.165) is 12.6 Å². The van der Waals surface area contributed by atoms with Crippen molar-refractivity contribution in [3.05, 3.63) is 28.2 Å². The van der Waals surface area contributed by atoms with Gasteiger partial charge in [-0.25, -0.2) is 17.9 Å². The molecule has 1 rings (SSSR count). The first-order chi connectivity index (χ1) is 9.24. The number of sulfonamides is 1. The van der Waals surface area contributed by atoms with Gasteiger partial charge in [-0.1, -0.05) is 0 Å². The molecular weight excluding hydrogens is 348 g/mol. The van der Waals surface area contributed by atoms with Gasteiger partial charge in [-0.3, -0.25) is 0 Å². The van der Waals surface area contributed by atoms with Crippen LogP contribution in [0.1, 0.15) is 16.8 Å². The highest BCUT2D eigenvalue weighted by atomic mass is 79.9. The highest BCUT2D eigenvalue weighted by Gasteiger charge is 2.17. The first kappa shape index (κ1) is 17.1. The minimum atomic E-state index is -3.68. The first-order valence-electron chi connectivity index (χ1n) is 5.91. The van der Waals surface area contributed by atoms with Crippen LogP contribution in [0.5, 0.6) is 0 Å². The molecule has 0 spiro atoms. The number of carboxylic acid groups (broad SMARTS) is 1. The van der Waals surface area contributed by atoms with Gasteiger partial charge in [0.1, 0.15) is 0 Å². The number of nitrogens with zero attached hydrogens (tertiary/aromatic N) is 1. The summed E-state index contributed by atoms with van der Waals surface area (Å²) >= 11 is 3.08. The summed E-state index contributed by atoms with van der Waals surface area (Å²) in [5.41, 5.74) is -0.0823. The van der Waals surface area contributed by atoms with Crippen molar-refractivity contribution in [1.29, 1.82) is 0 Å². The Kier molecular flexibility index (Phi) is 6.12. The van der Waals surface area contributed by atoms with Crippen molar-refractivity contribution >= 4 is 31.9 Å². The molecule has 1 aromatic rings. The average Bonchev–Trinajstić information content (AvgIpc) is 2.34. The van der Waals surface area contributed by atoms with E-state index in [9.17, 15) is 13.2 Å². The standard InChI is InChI=1S/C12H17BrN2O4S/c1-15(2)7-3-6-14-20(18,19)9-4-5-11(13)10(8-9)12(16)17/h4-5,8,14H,3,6-7H2,1-2H3,(H,16,17). The van der Waals surface area contributed by atoms with Crippen molar-refractivity contribution < 1.29 is 18.3 Å². The maximum Gasteiger partial charge on any atom is 0.336 e.